The number of hydrogen-bond acceptors (Lipinski definition) is 2. The predicted molar refractivity (Wildman–Crippen MR) is 92.6 cm³/mol. The number of carbonyl (C=O) groups is 1. The van der Waals surface area contributed by atoms with Crippen LogP contribution >= 0.6 is 0 Å². The van der Waals surface area contributed by atoms with Crippen molar-refractivity contribution in [3.63, 3.8) is 0 Å². The summed E-state index contributed by atoms with van der Waals surface area (Å²) in [6.45, 7) is 6.24. The van der Waals surface area contributed by atoms with Crippen LogP contribution in [0.3, 0.4) is 0 Å². The van der Waals surface area contributed by atoms with Crippen LogP contribution in [0.1, 0.15) is 56.7 Å². The minimum Gasteiger partial charge on any atom is -0.323 e. The van der Waals surface area contributed by atoms with Gasteiger partial charge in [0.25, 0.3) is 0 Å². The second-order valence-electron chi connectivity index (χ2n) is 6.86. The molecule has 1 aliphatic carbocycles. The number of anilines is 1. The van der Waals surface area contributed by atoms with Crippen LogP contribution in [0.4, 0.5) is 5.69 Å². The lowest BCUT2D eigenvalue weighted by Gasteiger charge is -2.29. The molecule has 0 spiro atoms. The van der Waals surface area contributed by atoms with Gasteiger partial charge >= 0.3 is 0 Å². The first-order chi connectivity index (χ1) is 11.0. The molecule has 1 aromatic heterocycles. The summed E-state index contributed by atoms with van der Waals surface area (Å²) in [5.41, 5.74) is 2.75. The van der Waals surface area contributed by atoms with E-state index in [1.165, 1.54) is 11.1 Å². The molecule has 1 heterocycles. The van der Waals surface area contributed by atoms with E-state index >= 15 is 0 Å². The molecule has 1 saturated carbocycles. The Balaban J connectivity index is 1.89. The third-order valence-electron chi connectivity index (χ3n) is 4.94. The largest absolute Gasteiger partial charge is 0.323 e. The van der Waals surface area contributed by atoms with Gasteiger partial charge in [0.1, 0.15) is 0 Å². The van der Waals surface area contributed by atoms with Crippen molar-refractivity contribution in [1.82, 2.24) is 9.78 Å². The first-order valence-electron chi connectivity index (χ1n) is 8.45. The molecule has 1 aliphatic rings. The minimum atomic E-state index is -0.398. The standard InChI is InChI=1S/C19H25N3O/c1-14(2)22-13-16(12-20-22)21-18(23)19(10-6-7-11-19)17-9-5-4-8-15(17)3/h4-5,8-9,12-14H,6-7,10-11H2,1-3H3,(H,21,23). The van der Waals surface area contributed by atoms with Crippen molar-refractivity contribution < 1.29 is 4.79 Å². The van der Waals surface area contributed by atoms with Gasteiger partial charge in [0.15, 0.2) is 0 Å². The average molecular weight is 311 g/mol. The number of carbonyl (C=O) groups excluding carboxylic acids is 1. The summed E-state index contributed by atoms with van der Waals surface area (Å²) >= 11 is 0. The quantitative estimate of drug-likeness (QED) is 0.919. The Bertz CT molecular complexity index is 696. The summed E-state index contributed by atoms with van der Waals surface area (Å²) in [6.07, 6.45) is 7.69. The van der Waals surface area contributed by atoms with E-state index in [0.29, 0.717) is 0 Å². The average Bonchev–Trinajstić information content (AvgIpc) is 3.17. The van der Waals surface area contributed by atoms with Crippen LogP contribution in [-0.2, 0) is 10.2 Å². The third-order valence-corrected chi connectivity index (χ3v) is 4.94. The highest BCUT2D eigenvalue weighted by Crippen LogP contribution is 2.43. The van der Waals surface area contributed by atoms with E-state index in [-0.39, 0.29) is 11.9 Å². The van der Waals surface area contributed by atoms with E-state index in [1.54, 1.807) is 6.20 Å². The molecule has 1 aromatic carbocycles. The number of aromatic nitrogens is 2. The van der Waals surface area contributed by atoms with Crippen LogP contribution in [0.2, 0.25) is 0 Å². The summed E-state index contributed by atoms with van der Waals surface area (Å²) in [5, 5.41) is 7.41. The zero-order valence-corrected chi connectivity index (χ0v) is 14.2. The van der Waals surface area contributed by atoms with Crippen molar-refractivity contribution in [2.24, 2.45) is 0 Å². The molecule has 122 valence electrons. The molecule has 0 atom stereocenters. The summed E-state index contributed by atoms with van der Waals surface area (Å²) in [7, 11) is 0. The highest BCUT2D eigenvalue weighted by Gasteiger charge is 2.43. The molecule has 0 unspecified atom stereocenters. The second kappa shape index (κ2) is 6.19. The maximum Gasteiger partial charge on any atom is 0.235 e. The van der Waals surface area contributed by atoms with Gasteiger partial charge in [0, 0.05) is 12.2 Å². The van der Waals surface area contributed by atoms with Gasteiger partial charge < -0.3 is 5.32 Å². The molecule has 1 fully saturated rings. The molecule has 1 amide bonds. The zero-order chi connectivity index (χ0) is 16.4. The fraction of sp³-hybridized carbons (Fsp3) is 0.474. The molecule has 0 aliphatic heterocycles. The molecule has 0 radical (unpaired) electrons. The zero-order valence-electron chi connectivity index (χ0n) is 14.2. The van der Waals surface area contributed by atoms with Crippen LogP contribution in [0.15, 0.2) is 36.7 Å². The van der Waals surface area contributed by atoms with Crippen LogP contribution in [0, 0.1) is 6.92 Å². The Labute approximate surface area is 137 Å². The predicted octanol–water partition coefficient (Wildman–Crippen LogP) is 4.22. The Morgan fingerprint density at radius 1 is 1.26 bits per heavy atom. The monoisotopic (exact) mass is 311 g/mol. The van der Waals surface area contributed by atoms with Crippen molar-refractivity contribution in [3.8, 4) is 0 Å². The molecule has 1 N–H and O–H groups in total. The molecular weight excluding hydrogens is 286 g/mol. The van der Waals surface area contributed by atoms with Crippen molar-refractivity contribution >= 4 is 11.6 Å². The molecule has 4 nitrogen and oxygen atoms in total. The van der Waals surface area contributed by atoms with Crippen molar-refractivity contribution in [1.29, 1.82) is 0 Å². The first kappa shape index (κ1) is 15.8. The third kappa shape index (κ3) is 2.90. The van der Waals surface area contributed by atoms with Crippen LogP contribution < -0.4 is 5.32 Å². The first-order valence-corrected chi connectivity index (χ1v) is 8.45. The number of hydrogen-bond donors (Lipinski definition) is 1. The number of benzene rings is 1. The number of amides is 1. The molecule has 23 heavy (non-hydrogen) atoms. The van der Waals surface area contributed by atoms with Crippen molar-refractivity contribution in [2.45, 2.75) is 57.9 Å². The highest BCUT2D eigenvalue weighted by atomic mass is 16.2. The molecule has 0 bridgehead atoms. The van der Waals surface area contributed by atoms with Gasteiger partial charge in [-0.2, -0.15) is 5.10 Å². The van der Waals surface area contributed by atoms with E-state index in [2.05, 4.69) is 43.3 Å². The Morgan fingerprint density at radius 2 is 1.96 bits per heavy atom. The van der Waals surface area contributed by atoms with Crippen molar-refractivity contribution in [2.75, 3.05) is 5.32 Å². The Morgan fingerprint density at radius 3 is 2.57 bits per heavy atom. The maximum absolute atomic E-state index is 13.1. The van der Waals surface area contributed by atoms with Crippen LogP contribution in [0.5, 0.6) is 0 Å². The van der Waals surface area contributed by atoms with E-state index in [4.69, 9.17) is 0 Å². The summed E-state index contributed by atoms with van der Waals surface area (Å²) in [4.78, 5) is 13.1. The van der Waals surface area contributed by atoms with Gasteiger partial charge in [-0.3, -0.25) is 9.48 Å². The van der Waals surface area contributed by atoms with E-state index < -0.39 is 5.41 Å². The lowest BCUT2D eigenvalue weighted by molar-refractivity contribution is -0.121. The second-order valence-corrected chi connectivity index (χ2v) is 6.86. The fourth-order valence-corrected chi connectivity index (χ4v) is 3.64. The molecule has 0 saturated heterocycles. The Hall–Kier alpha value is -2.10. The minimum absolute atomic E-state index is 0.104. The summed E-state index contributed by atoms with van der Waals surface area (Å²) in [5.74, 6) is 0.104. The number of aryl methyl sites for hydroxylation is 1. The SMILES string of the molecule is Cc1ccccc1C1(C(=O)Nc2cnn(C(C)C)c2)CCCC1. The summed E-state index contributed by atoms with van der Waals surface area (Å²) < 4.78 is 1.87. The van der Waals surface area contributed by atoms with Gasteiger partial charge in [-0.15, -0.1) is 0 Å². The van der Waals surface area contributed by atoms with Gasteiger partial charge in [-0.05, 0) is 44.7 Å². The van der Waals surface area contributed by atoms with Gasteiger partial charge in [-0.25, -0.2) is 0 Å². The lowest BCUT2D eigenvalue weighted by Crippen LogP contribution is -2.38. The molecule has 2 aromatic rings. The van der Waals surface area contributed by atoms with Gasteiger partial charge in [0.05, 0.1) is 17.3 Å². The van der Waals surface area contributed by atoms with Crippen LogP contribution in [0.25, 0.3) is 0 Å². The number of nitrogens with zero attached hydrogens (tertiary/aromatic N) is 2. The van der Waals surface area contributed by atoms with E-state index in [1.807, 2.05) is 23.0 Å². The maximum atomic E-state index is 13.1. The van der Waals surface area contributed by atoms with E-state index in [0.717, 1.165) is 31.4 Å². The van der Waals surface area contributed by atoms with Crippen molar-refractivity contribution in [3.05, 3.63) is 47.8 Å². The number of nitrogens with one attached hydrogen (secondary N) is 1. The highest BCUT2D eigenvalue weighted by molar-refractivity contribution is 5.99. The molecule has 3 rings (SSSR count). The van der Waals surface area contributed by atoms with Gasteiger partial charge in [-0.1, -0.05) is 37.1 Å². The smallest absolute Gasteiger partial charge is 0.235 e. The Kier molecular flexibility index (Phi) is 4.24. The van der Waals surface area contributed by atoms with E-state index in [9.17, 15) is 4.79 Å². The van der Waals surface area contributed by atoms with Gasteiger partial charge in [0.2, 0.25) is 5.91 Å². The summed E-state index contributed by atoms with van der Waals surface area (Å²) in [6, 6.07) is 8.56. The topological polar surface area (TPSA) is 46.9 Å². The van der Waals surface area contributed by atoms with Crippen LogP contribution in [-0.4, -0.2) is 15.7 Å². The molecular formula is C19H25N3O. The lowest BCUT2D eigenvalue weighted by atomic mass is 9.76. The molecule has 4 heteroatoms. The fourth-order valence-electron chi connectivity index (χ4n) is 3.64. The normalized spacial score (nSPS) is 16.7. The number of rotatable bonds is 4.